The van der Waals surface area contributed by atoms with E-state index in [9.17, 15) is 0 Å². The first-order valence-corrected chi connectivity index (χ1v) is 9.53. The Kier molecular flexibility index (Phi) is 3.68. The van der Waals surface area contributed by atoms with Crippen LogP contribution in [-0.2, 0) is 6.54 Å². The van der Waals surface area contributed by atoms with Crippen LogP contribution in [0, 0.1) is 0 Å². The average Bonchev–Trinajstić information content (AvgIpc) is 3.35. The number of nitrogens with one attached hydrogen (secondary N) is 1. The monoisotopic (exact) mass is 349 g/mol. The summed E-state index contributed by atoms with van der Waals surface area (Å²) in [5.41, 5.74) is 3.47. The van der Waals surface area contributed by atoms with Gasteiger partial charge >= 0.3 is 0 Å². The van der Waals surface area contributed by atoms with Gasteiger partial charge in [0.25, 0.3) is 5.19 Å². The zero-order chi connectivity index (χ0) is 16.6. The fourth-order valence-electron chi connectivity index (χ4n) is 3.54. The molecule has 0 amide bonds. The number of aromatic nitrogens is 2. The van der Waals surface area contributed by atoms with Crippen LogP contribution in [0.3, 0.4) is 0 Å². The summed E-state index contributed by atoms with van der Waals surface area (Å²) in [5.74, 6) is 0.820. The second kappa shape index (κ2) is 6.17. The van der Waals surface area contributed by atoms with Gasteiger partial charge in [-0.15, -0.1) is 0 Å². The molecule has 1 aliphatic heterocycles. The zero-order valence-electron chi connectivity index (χ0n) is 13.9. The Morgan fingerprint density at radius 1 is 1.12 bits per heavy atom. The molecule has 1 aliphatic rings. The highest BCUT2D eigenvalue weighted by Gasteiger charge is 2.14. The van der Waals surface area contributed by atoms with Gasteiger partial charge in [0.1, 0.15) is 5.75 Å². The van der Waals surface area contributed by atoms with Crippen molar-refractivity contribution in [1.82, 2.24) is 14.9 Å². The number of likely N-dealkylation sites (tertiary alicyclic amines) is 1. The van der Waals surface area contributed by atoms with Crippen LogP contribution in [0.25, 0.3) is 21.1 Å². The SMILES string of the molecule is c1ccc2sc(Oc3ccc4c(CN5CCCC5)c[nH]c4c3)nc2c1. The highest BCUT2D eigenvalue weighted by atomic mass is 32.1. The Morgan fingerprint density at radius 3 is 2.88 bits per heavy atom. The summed E-state index contributed by atoms with van der Waals surface area (Å²) >= 11 is 1.57. The normalized spacial score (nSPS) is 15.4. The number of rotatable bonds is 4. The third-order valence-corrected chi connectivity index (χ3v) is 5.73. The maximum atomic E-state index is 5.99. The summed E-state index contributed by atoms with van der Waals surface area (Å²) in [5, 5.41) is 1.97. The minimum atomic E-state index is 0.685. The first-order valence-electron chi connectivity index (χ1n) is 8.71. The van der Waals surface area contributed by atoms with Gasteiger partial charge in [-0.1, -0.05) is 23.5 Å². The Labute approximate surface area is 150 Å². The van der Waals surface area contributed by atoms with Crippen LogP contribution in [0.4, 0.5) is 0 Å². The van der Waals surface area contributed by atoms with E-state index < -0.39 is 0 Å². The first-order chi connectivity index (χ1) is 12.3. The van der Waals surface area contributed by atoms with Crippen LogP contribution in [0.5, 0.6) is 10.9 Å². The summed E-state index contributed by atoms with van der Waals surface area (Å²) < 4.78 is 7.14. The second-order valence-corrected chi connectivity index (χ2v) is 7.55. The molecule has 25 heavy (non-hydrogen) atoms. The van der Waals surface area contributed by atoms with Crippen LogP contribution >= 0.6 is 11.3 Å². The number of hydrogen-bond donors (Lipinski definition) is 1. The van der Waals surface area contributed by atoms with Crippen molar-refractivity contribution in [2.45, 2.75) is 19.4 Å². The highest BCUT2D eigenvalue weighted by Crippen LogP contribution is 2.33. The largest absolute Gasteiger partial charge is 0.431 e. The van der Waals surface area contributed by atoms with Crippen LogP contribution in [0.1, 0.15) is 18.4 Å². The van der Waals surface area contributed by atoms with Gasteiger partial charge in [0.2, 0.25) is 0 Å². The lowest BCUT2D eigenvalue weighted by molar-refractivity contribution is 0.332. The molecule has 0 bridgehead atoms. The molecular formula is C20H19N3OS. The summed E-state index contributed by atoms with van der Waals surface area (Å²) in [6, 6.07) is 14.4. The van der Waals surface area contributed by atoms with Crippen LogP contribution in [-0.4, -0.2) is 28.0 Å². The maximum Gasteiger partial charge on any atom is 0.279 e. The molecule has 0 radical (unpaired) electrons. The number of ether oxygens (including phenoxy) is 1. The fourth-order valence-corrected chi connectivity index (χ4v) is 4.37. The van der Waals surface area contributed by atoms with Gasteiger partial charge in [0, 0.05) is 29.7 Å². The Morgan fingerprint density at radius 2 is 2.00 bits per heavy atom. The van der Waals surface area contributed by atoms with Gasteiger partial charge < -0.3 is 9.72 Å². The molecule has 1 fully saturated rings. The van der Waals surface area contributed by atoms with Gasteiger partial charge in [0.05, 0.1) is 10.2 Å². The van der Waals surface area contributed by atoms with Crippen LogP contribution in [0.2, 0.25) is 0 Å². The number of fused-ring (bicyclic) bond motifs is 2. The van der Waals surface area contributed by atoms with E-state index in [0.29, 0.717) is 5.19 Å². The number of aromatic amines is 1. The summed E-state index contributed by atoms with van der Waals surface area (Å²) in [6.45, 7) is 3.45. The molecule has 0 unspecified atom stereocenters. The van der Waals surface area contributed by atoms with Crippen molar-refractivity contribution < 1.29 is 4.74 Å². The number of hydrogen-bond acceptors (Lipinski definition) is 4. The van der Waals surface area contributed by atoms with E-state index in [1.54, 1.807) is 11.3 Å². The van der Waals surface area contributed by atoms with Crippen LogP contribution < -0.4 is 4.74 Å². The van der Waals surface area contributed by atoms with E-state index in [-0.39, 0.29) is 0 Å². The zero-order valence-corrected chi connectivity index (χ0v) is 14.7. The minimum Gasteiger partial charge on any atom is -0.431 e. The van der Waals surface area contributed by atoms with Gasteiger partial charge in [-0.05, 0) is 55.8 Å². The number of nitrogens with zero attached hydrogens (tertiary/aromatic N) is 2. The van der Waals surface area contributed by atoms with Crippen molar-refractivity contribution in [2.75, 3.05) is 13.1 Å². The van der Waals surface area contributed by atoms with Crippen molar-refractivity contribution in [3.63, 3.8) is 0 Å². The molecule has 0 saturated carbocycles. The second-order valence-electron chi connectivity index (χ2n) is 6.55. The molecule has 5 rings (SSSR count). The topological polar surface area (TPSA) is 41.1 Å². The standard InChI is InChI=1S/C20H19N3OS/c1-2-6-19-17(5-1)22-20(25-19)24-15-7-8-16-14(12-21-18(16)11-15)13-23-9-3-4-10-23/h1-2,5-8,11-12,21H,3-4,9-10,13H2. The molecule has 0 aliphatic carbocycles. The third kappa shape index (κ3) is 2.90. The van der Waals surface area contributed by atoms with Gasteiger partial charge in [-0.2, -0.15) is 0 Å². The lowest BCUT2D eigenvalue weighted by Crippen LogP contribution is -2.17. The fraction of sp³-hybridized carbons (Fsp3) is 0.250. The Balaban J connectivity index is 1.40. The Bertz CT molecular complexity index is 997. The summed E-state index contributed by atoms with van der Waals surface area (Å²) in [4.78, 5) is 10.5. The van der Waals surface area contributed by atoms with E-state index in [1.807, 2.05) is 24.3 Å². The number of thiazole rings is 1. The molecule has 2 aromatic carbocycles. The van der Waals surface area contributed by atoms with Crippen molar-refractivity contribution in [3.05, 3.63) is 54.2 Å². The molecule has 1 saturated heterocycles. The predicted molar refractivity (Wildman–Crippen MR) is 103 cm³/mol. The molecule has 0 atom stereocenters. The Hall–Kier alpha value is -2.37. The van der Waals surface area contributed by atoms with Gasteiger partial charge in [-0.25, -0.2) is 4.98 Å². The third-order valence-electron chi connectivity index (χ3n) is 4.81. The van der Waals surface area contributed by atoms with Crippen molar-refractivity contribution in [2.24, 2.45) is 0 Å². The molecule has 4 nitrogen and oxygen atoms in total. The molecule has 5 heteroatoms. The summed E-state index contributed by atoms with van der Waals surface area (Å²) in [7, 11) is 0. The van der Waals surface area contributed by atoms with Crippen molar-refractivity contribution in [1.29, 1.82) is 0 Å². The smallest absolute Gasteiger partial charge is 0.279 e. The van der Waals surface area contributed by atoms with Gasteiger partial charge in [-0.3, -0.25) is 4.90 Å². The summed E-state index contributed by atoms with van der Waals surface area (Å²) in [6.07, 6.45) is 4.77. The van der Waals surface area contributed by atoms with E-state index in [0.717, 1.165) is 28.0 Å². The average molecular weight is 349 g/mol. The quantitative estimate of drug-likeness (QED) is 0.553. The number of H-pyrrole nitrogens is 1. The van der Waals surface area contributed by atoms with E-state index in [4.69, 9.17) is 4.74 Å². The maximum absolute atomic E-state index is 5.99. The van der Waals surface area contributed by atoms with E-state index in [2.05, 4.69) is 39.3 Å². The molecule has 1 N–H and O–H groups in total. The number of benzene rings is 2. The van der Waals surface area contributed by atoms with Crippen molar-refractivity contribution >= 4 is 32.5 Å². The van der Waals surface area contributed by atoms with E-state index in [1.165, 1.54) is 36.9 Å². The molecule has 3 heterocycles. The van der Waals surface area contributed by atoms with Crippen LogP contribution in [0.15, 0.2) is 48.7 Å². The number of para-hydroxylation sites is 1. The predicted octanol–water partition coefficient (Wildman–Crippen LogP) is 5.17. The lowest BCUT2D eigenvalue weighted by atomic mass is 10.1. The van der Waals surface area contributed by atoms with Gasteiger partial charge in [0.15, 0.2) is 0 Å². The first kappa shape index (κ1) is 14.9. The molecule has 126 valence electrons. The minimum absolute atomic E-state index is 0.685. The molecular weight excluding hydrogens is 330 g/mol. The lowest BCUT2D eigenvalue weighted by Gasteiger charge is -2.13. The van der Waals surface area contributed by atoms with Crippen molar-refractivity contribution in [3.8, 4) is 10.9 Å². The molecule has 2 aromatic heterocycles. The van der Waals surface area contributed by atoms with E-state index >= 15 is 0 Å². The highest BCUT2D eigenvalue weighted by molar-refractivity contribution is 7.20. The molecule has 0 spiro atoms. The molecule has 4 aromatic rings.